The van der Waals surface area contributed by atoms with Crippen LogP contribution in [0.15, 0.2) is 48.6 Å². The van der Waals surface area contributed by atoms with Gasteiger partial charge in [-0.25, -0.2) is 4.79 Å². The molecular weight excluding hydrogens is 595 g/mol. The molecule has 0 spiro atoms. The maximum atomic E-state index is 12.1. The fraction of sp³-hybridized carbons (Fsp3) is 0.730. The summed E-state index contributed by atoms with van der Waals surface area (Å²) in [6, 6.07) is 0. The summed E-state index contributed by atoms with van der Waals surface area (Å²) in [6.45, 7) is 39.3. The van der Waals surface area contributed by atoms with Gasteiger partial charge in [0, 0.05) is 11.8 Å². The molecule has 0 rings (SSSR count). The summed E-state index contributed by atoms with van der Waals surface area (Å²) in [5.41, 5.74) is 6.84. The van der Waals surface area contributed by atoms with Crippen molar-refractivity contribution >= 4 is 29.0 Å². The number of primary amides is 1. The van der Waals surface area contributed by atoms with E-state index in [-0.39, 0.29) is 51.9 Å². The molecule has 0 saturated heterocycles. The van der Waals surface area contributed by atoms with Crippen LogP contribution >= 0.6 is 0 Å². The molecule has 6 nitrogen and oxygen atoms in total. The van der Waals surface area contributed by atoms with Gasteiger partial charge in [-0.05, 0) is 73.4 Å². The first-order valence-electron chi connectivity index (χ1n) is 16.7. The largest absolute Gasteiger partial charge is 0.445 e. The SMILES string of the molecule is C=CC=C[C@H](C)[C@H](OC(N)=O)[C@@H](C)[C@H](O[Si](C)(C)C(C)(C)C)[C@@H](C)CC(C)=C[C@H](C)[C@@H](O[Si](C)(C)C(C)(C)C)[C@@H](C)C=CC=O. The molecule has 2 N–H and O–H groups in total. The highest BCUT2D eigenvalue weighted by Gasteiger charge is 2.44. The maximum absolute atomic E-state index is 12.1. The van der Waals surface area contributed by atoms with Crippen LogP contribution < -0.4 is 5.73 Å². The molecule has 0 heterocycles. The summed E-state index contributed by atoms with van der Waals surface area (Å²) < 4.78 is 19.9. The molecule has 0 saturated carbocycles. The Hall–Kier alpha value is -1.75. The van der Waals surface area contributed by atoms with Crippen LogP contribution in [0, 0.1) is 29.6 Å². The lowest BCUT2D eigenvalue weighted by atomic mass is 9.81. The van der Waals surface area contributed by atoms with Gasteiger partial charge in [-0.3, -0.25) is 4.79 Å². The van der Waals surface area contributed by atoms with E-state index < -0.39 is 28.8 Å². The minimum Gasteiger partial charge on any atom is -0.445 e. The standard InChI is InChI=1S/C37H69NO5Si2/c1-18-19-21-28(4)33(41-35(38)40)31(7)34(43-45(16,17)37(11,12)13)30(6)25-26(2)24-29(5)32(27(3)22-20-23-39)42-44(14,15)36(8,9)10/h18-24,27-34H,1,25H2,2-17H3,(H2,38,40)/t27-,28-,29-,30-,31+,32-,33-,34+/m0/s1. The monoisotopic (exact) mass is 663 g/mol. The Morgan fingerprint density at radius 1 is 0.778 bits per heavy atom. The highest BCUT2D eigenvalue weighted by Crippen LogP contribution is 2.42. The highest BCUT2D eigenvalue weighted by atomic mass is 28.4. The molecule has 45 heavy (non-hydrogen) atoms. The van der Waals surface area contributed by atoms with Gasteiger partial charge in [0.1, 0.15) is 12.4 Å². The number of ether oxygens (including phenoxy) is 1. The van der Waals surface area contributed by atoms with E-state index in [1.54, 1.807) is 12.2 Å². The molecule has 0 aromatic rings. The topological polar surface area (TPSA) is 87.8 Å². The Labute approximate surface area is 279 Å². The van der Waals surface area contributed by atoms with Crippen molar-refractivity contribution in [2.24, 2.45) is 35.3 Å². The number of rotatable bonds is 18. The quantitative estimate of drug-likeness (QED) is 0.0518. The predicted molar refractivity (Wildman–Crippen MR) is 197 cm³/mol. The summed E-state index contributed by atoms with van der Waals surface area (Å²) >= 11 is 0. The number of allylic oxidation sites excluding steroid dienone is 4. The van der Waals surface area contributed by atoms with E-state index in [1.165, 1.54) is 5.57 Å². The molecule has 0 aromatic heterocycles. The second-order valence-electron chi connectivity index (χ2n) is 16.4. The van der Waals surface area contributed by atoms with Gasteiger partial charge in [-0.1, -0.05) is 119 Å². The van der Waals surface area contributed by atoms with Gasteiger partial charge < -0.3 is 19.3 Å². The maximum Gasteiger partial charge on any atom is 0.404 e. The highest BCUT2D eigenvalue weighted by molar-refractivity contribution is 6.74. The van der Waals surface area contributed by atoms with Crippen LogP contribution in [0.25, 0.3) is 0 Å². The lowest BCUT2D eigenvalue weighted by Crippen LogP contribution is -2.50. The van der Waals surface area contributed by atoms with Gasteiger partial charge in [0.2, 0.25) is 0 Å². The van der Waals surface area contributed by atoms with Crippen molar-refractivity contribution in [2.45, 2.75) is 144 Å². The molecule has 260 valence electrons. The Kier molecular flexibility index (Phi) is 17.3. The molecule has 0 aliphatic rings. The first kappa shape index (κ1) is 43.3. The second kappa shape index (κ2) is 18.0. The van der Waals surface area contributed by atoms with Crippen LogP contribution in [0.1, 0.15) is 89.5 Å². The van der Waals surface area contributed by atoms with E-state index in [1.807, 2.05) is 25.2 Å². The lowest BCUT2D eigenvalue weighted by Gasteiger charge is -2.45. The van der Waals surface area contributed by atoms with Crippen LogP contribution in [0.5, 0.6) is 0 Å². The van der Waals surface area contributed by atoms with E-state index in [0.717, 1.165) is 12.7 Å². The van der Waals surface area contributed by atoms with E-state index in [9.17, 15) is 9.59 Å². The van der Waals surface area contributed by atoms with Crippen molar-refractivity contribution < 1.29 is 23.2 Å². The summed E-state index contributed by atoms with van der Waals surface area (Å²) in [6.07, 6.45) is 11.7. The Bertz CT molecular complexity index is 1030. The van der Waals surface area contributed by atoms with Gasteiger partial charge in [-0.15, -0.1) is 0 Å². The number of carbonyl (C=O) groups excluding carboxylic acids is 2. The van der Waals surface area contributed by atoms with Gasteiger partial charge in [0.15, 0.2) is 16.6 Å². The number of hydrogen-bond donors (Lipinski definition) is 1. The normalized spacial score (nSPS) is 19.4. The summed E-state index contributed by atoms with van der Waals surface area (Å²) in [7, 11) is -4.26. The van der Waals surface area contributed by atoms with Crippen LogP contribution in [0.2, 0.25) is 36.3 Å². The van der Waals surface area contributed by atoms with Crippen LogP contribution in [0.4, 0.5) is 4.79 Å². The first-order chi connectivity index (χ1) is 20.3. The molecule has 0 aromatic carbocycles. The summed E-state index contributed by atoms with van der Waals surface area (Å²) in [4.78, 5) is 23.2. The molecule has 1 amide bonds. The number of nitrogens with two attached hydrogens (primary N) is 1. The minimum atomic E-state index is -2.19. The molecule has 8 heteroatoms. The van der Waals surface area contributed by atoms with E-state index in [4.69, 9.17) is 19.3 Å². The average molecular weight is 664 g/mol. The van der Waals surface area contributed by atoms with Gasteiger partial charge in [0.25, 0.3) is 0 Å². The zero-order valence-corrected chi connectivity index (χ0v) is 33.7. The Balaban J connectivity index is 6.61. The molecule has 0 fully saturated rings. The van der Waals surface area contributed by atoms with E-state index in [0.29, 0.717) is 0 Å². The molecule has 0 unspecified atom stereocenters. The zero-order chi connectivity index (χ0) is 35.6. The molecular formula is C37H69NO5Si2. The average Bonchev–Trinajstić information content (AvgIpc) is 2.88. The number of hydrogen-bond acceptors (Lipinski definition) is 5. The molecule has 0 aliphatic carbocycles. The van der Waals surface area contributed by atoms with E-state index in [2.05, 4.69) is 115 Å². The summed E-state index contributed by atoms with van der Waals surface area (Å²) in [5.74, 6) is 0.157. The van der Waals surface area contributed by atoms with E-state index >= 15 is 0 Å². The van der Waals surface area contributed by atoms with Crippen molar-refractivity contribution in [1.82, 2.24) is 0 Å². The van der Waals surface area contributed by atoms with Gasteiger partial charge in [-0.2, -0.15) is 0 Å². The minimum absolute atomic E-state index is 0.0119. The van der Waals surface area contributed by atoms with Crippen molar-refractivity contribution in [3.8, 4) is 0 Å². The van der Waals surface area contributed by atoms with Crippen molar-refractivity contribution in [3.63, 3.8) is 0 Å². The third-order valence-corrected chi connectivity index (χ3v) is 19.1. The lowest BCUT2D eigenvalue weighted by molar-refractivity contribution is -0.104. The molecule has 0 bridgehead atoms. The Morgan fingerprint density at radius 2 is 1.22 bits per heavy atom. The fourth-order valence-corrected chi connectivity index (χ4v) is 8.36. The van der Waals surface area contributed by atoms with Gasteiger partial charge in [0.05, 0.1) is 12.2 Å². The zero-order valence-electron chi connectivity index (χ0n) is 31.7. The second-order valence-corrected chi connectivity index (χ2v) is 25.9. The van der Waals surface area contributed by atoms with Crippen molar-refractivity contribution in [3.05, 3.63) is 48.6 Å². The third-order valence-electron chi connectivity index (χ3n) is 10.1. The van der Waals surface area contributed by atoms with Crippen LogP contribution in [-0.2, 0) is 18.4 Å². The number of aldehydes is 1. The van der Waals surface area contributed by atoms with Crippen LogP contribution in [-0.4, -0.2) is 47.3 Å². The summed E-state index contributed by atoms with van der Waals surface area (Å²) in [5, 5.41) is 0.0796. The first-order valence-corrected chi connectivity index (χ1v) is 22.5. The number of carbonyl (C=O) groups is 2. The molecule has 0 radical (unpaired) electrons. The van der Waals surface area contributed by atoms with Gasteiger partial charge >= 0.3 is 6.09 Å². The molecule has 0 aliphatic heterocycles. The molecule has 8 atom stereocenters. The smallest absolute Gasteiger partial charge is 0.404 e. The predicted octanol–water partition coefficient (Wildman–Crippen LogP) is 10.2. The third kappa shape index (κ3) is 13.9. The van der Waals surface area contributed by atoms with Crippen molar-refractivity contribution in [1.29, 1.82) is 0 Å². The van der Waals surface area contributed by atoms with Crippen LogP contribution in [0.3, 0.4) is 0 Å². The Morgan fingerprint density at radius 3 is 1.64 bits per heavy atom. The van der Waals surface area contributed by atoms with Crippen molar-refractivity contribution in [2.75, 3.05) is 0 Å². The fourth-order valence-electron chi connectivity index (χ4n) is 5.41. The number of amides is 1.